The minimum absolute atomic E-state index is 0.106. The minimum Gasteiger partial charge on any atom is -0.507 e. The van der Waals surface area contributed by atoms with Crippen molar-refractivity contribution in [1.82, 2.24) is 0 Å². The van der Waals surface area contributed by atoms with Gasteiger partial charge in [-0.25, -0.2) is 9.59 Å². The zero-order valence-corrected chi connectivity index (χ0v) is 33.1. The number of cyclic esters (lactones) is 2. The number of esters is 2. The molecular weight excluding hydrogens is 728 g/mol. The maximum atomic E-state index is 12.8. The molecule has 5 rings (SSSR count). The highest BCUT2D eigenvalue weighted by Crippen LogP contribution is 2.28. The molecule has 4 atom stereocenters. The van der Waals surface area contributed by atoms with Crippen LogP contribution < -0.4 is 4.74 Å². The molecule has 11 nitrogen and oxygen atoms in total. The van der Waals surface area contributed by atoms with Gasteiger partial charge in [0.25, 0.3) is 0 Å². The molecule has 57 heavy (non-hydrogen) atoms. The molecule has 302 valence electrons. The fraction of sp³-hybridized carbons (Fsp3) is 0.348. The standard InChI is InChI=1S/C27H30O6.C19H22O5/c1-18-15-21-8-4-5-10-25(32-17-20-11-13-22(31-3)14-12-20)23(28)9-6-7-19(2)33-27(30)26(21)24(29)16-18;1-12-10-14-7-3-4-8-15(20)16(21)9-5-6-13(2)24-19(23)18(14)17(22)11-12/h4,6,8-9,11-16,19,25,29H,5,7,10,17H2,1-3H3;3,5,7,9-11,13,15,20,22H,4,6,8H2,1-2H3. The van der Waals surface area contributed by atoms with Gasteiger partial charge in [0.2, 0.25) is 0 Å². The van der Waals surface area contributed by atoms with Crippen molar-refractivity contribution in [3.05, 3.63) is 124 Å². The molecule has 2 aliphatic heterocycles. The molecule has 11 heteroatoms. The number of aliphatic hydroxyl groups excluding tert-OH is 1. The fourth-order valence-corrected chi connectivity index (χ4v) is 6.14. The van der Waals surface area contributed by atoms with Gasteiger partial charge in [-0.05, 0) is 118 Å². The zero-order valence-electron chi connectivity index (χ0n) is 33.1. The molecule has 3 aromatic rings. The van der Waals surface area contributed by atoms with E-state index in [0.29, 0.717) is 56.3 Å². The smallest absolute Gasteiger partial charge is 0.342 e. The van der Waals surface area contributed by atoms with Gasteiger partial charge in [0.05, 0.1) is 13.7 Å². The van der Waals surface area contributed by atoms with Crippen molar-refractivity contribution in [3.63, 3.8) is 0 Å². The van der Waals surface area contributed by atoms with E-state index in [0.717, 1.165) is 22.4 Å². The summed E-state index contributed by atoms with van der Waals surface area (Å²) < 4.78 is 22.0. The highest BCUT2D eigenvalue weighted by atomic mass is 16.5. The Morgan fingerprint density at radius 3 is 1.67 bits per heavy atom. The number of aryl methyl sites for hydroxylation is 2. The molecule has 3 N–H and O–H groups in total. The van der Waals surface area contributed by atoms with Crippen LogP contribution in [0.5, 0.6) is 17.2 Å². The number of aliphatic hydroxyl groups is 1. The number of aromatic hydroxyl groups is 2. The van der Waals surface area contributed by atoms with Gasteiger partial charge >= 0.3 is 11.9 Å². The predicted octanol–water partition coefficient (Wildman–Crippen LogP) is 8.09. The molecular formula is C46H52O11. The summed E-state index contributed by atoms with van der Waals surface area (Å²) in [6.07, 6.45) is 13.2. The van der Waals surface area contributed by atoms with E-state index in [4.69, 9.17) is 18.9 Å². The molecule has 2 aliphatic rings. The van der Waals surface area contributed by atoms with Crippen molar-refractivity contribution < 1.29 is 53.4 Å². The zero-order chi connectivity index (χ0) is 41.5. The Hall–Kier alpha value is -5.78. The van der Waals surface area contributed by atoms with Crippen LogP contribution in [0.2, 0.25) is 0 Å². The third kappa shape index (κ3) is 13.4. The number of phenols is 2. The normalized spacial score (nSPS) is 20.8. The number of ether oxygens (including phenoxy) is 4. The molecule has 0 fully saturated rings. The van der Waals surface area contributed by atoms with Crippen molar-refractivity contribution >= 4 is 35.7 Å². The molecule has 0 aliphatic carbocycles. The maximum absolute atomic E-state index is 12.8. The maximum Gasteiger partial charge on any atom is 0.342 e. The van der Waals surface area contributed by atoms with E-state index >= 15 is 0 Å². The van der Waals surface area contributed by atoms with Gasteiger partial charge in [0.15, 0.2) is 11.6 Å². The van der Waals surface area contributed by atoms with Crippen LogP contribution in [0, 0.1) is 13.8 Å². The topological polar surface area (TPSA) is 166 Å². The number of methoxy groups -OCH3 is 1. The van der Waals surface area contributed by atoms with Gasteiger partial charge in [-0.1, -0.05) is 60.7 Å². The van der Waals surface area contributed by atoms with Gasteiger partial charge in [-0.3, -0.25) is 9.59 Å². The van der Waals surface area contributed by atoms with E-state index < -0.39 is 36.4 Å². The highest BCUT2D eigenvalue weighted by molar-refractivity contribution is 5.98. The van der Waals surface area contributed by atoms with Gasteiger partial charge < -0.3 is 34.3 Å². The Labute approximate surface area is 333 Å². The lowest BCUT2D eigenvalue weighted by atomic mass is 10.0. The molecule has 3 aromatic carbocycles. The average molecular weight is 781 g/mol. The van der Waals surface area contributed by atoms with Crippen molar-refractivity contribution in [3.8, 4) is 17.2 Å². The molecule has 0 saturated carbocycles. The van der Waals surface area contributed by atoms with Crippen LogP contribution in [0.25, 0.3) is 12.2 Å². The number of hydrogen-bond acceptors (Lipinski definition) is 11. The van der Waals surface area contributed by atoms with Crippen molar-refractivity contribution in [2.24, 2.45) is 0 Å². The predicted molar refractivity (Wildman–Crippen MR) is 217 cm³/mol. The lowest BCUT2D eigenvalue weighted by Gasteiger charge is -2.17. The minimum atomic E-state index is -1.04. The molecule has 0 aromatic heterocycles. The summed E-state index contributed by atoms with van der Waals surface area (Å²) in [7, 11) is 1.61. The number of rotatable bonds is 4. The van der Waals surface area contributed by atoms with E-state index in [2.05, 4.69) is 0 Å². The summed E-state index contributed by atoms with van der Waals surface area (Å²) in [6, 6.07) is 14.2. The third-order valence-corrected chi connectivity index (χ3v) is 9.16. The SMILES string of the molecule is COc1ccc(COC2CCC=Cc3cc(C)cc(O)c3C(=O)OC(C)CC=CC2=O)cc1.Cc1cc(O)c2c(c1)C=CCCC(O)C(=O)C=CCC(C)OC2=O. The van der Waals surface area contributed by atoms with Crippen LogP contribution in [-0.4, -0.2) is 70.4 Å². The van der Waals surface area contributed by atoms with Crippen molar-refractivity contribution in [2.45, 2.75) is 97.2 Å². The summed E-state index contributed by atoms with van der Waals surface area (Å²) in [5.74, 6) is -1.13. The molecule has 0 radical (unpaired) electrons. The summed E-state index contributed by atoms with van der Waals surface area (Å²) in [6.45, 7) is 7.43. The molecule has 0 spiro atoms. The molecule has 4 unspecified atom stereocenters. The number of benzene rings is 3. The van der Waals surface area contributed by atoms with Crippen LogP contribution >= 0.6 is 0 Å². The Morgan fingerprint density at radius 1 is 0.667 bits per heavy atom. The molecule has 0 bridgehead atoms. The van der Waals surface area contributed by atoms with E-state index in [1.807, 2.05) is 50.3 Å². The van der Waals surface area contributed by atoms with Crippen LogP contribution in [-0.2, 0) is 30.4 Å². The second kappa shape index (κ2) is 21.5. The molecule has 0 amide bonds. The number of carbonyl (C=O) groups excluding carboxylic acids is 4. The summed E-state index contributed by atoms with van der Waals surface area (Å²) >= 11 is 0. The second-order valence-corrected chi connectivity index (χ2v) is 14.1. The number of fused-ring (bicyclic) bond motifs is 2. The van der Waals surface area contributed by atoms with Crippen LogP contribution in [0.3, 0.4) is 0 Å². The third-order valence-electron chi connectivity index (χ3n) is 9.16. The number of ketones is 2. The van der Waals surface area contributed by atoms with Crippen molar-refractivity contribution in [1.29, 1.82) is 0 Å². The largest absolute Gasteiger partial charge is 0.507 e. The van der Waals surface area contributed by atoms with Gasteiger partial charge in [0, 0.05) is 12.8 Å². The number of allylic oxidation sites excluding steroid dienone is 2. The molecule has 0 saturated heterocycles. The Morgan fingerprint density at radius 2 is 1.16 bits per heavy atom. The Bertz CT molecular complexity index is 2000. The monoisotopic (exact) mass is 780 g/mol. The van der Waals surface area contributed by atoms with Gasteiger partial charge in [-0.15, -0.1) is 0 Å². The lowest BCUT2D eigenvalue weighted by molar-refractivity contribution is -0.126. The first-order valence-corrected chi connectivity index (χ1v) is 19.0. The first-order valence-electron chi connectivity index (χ1n) is 19.0. The second-order valence-electron chi connectivity index (χ2n) is 14.1. The highest BCUT2D eigenvalue weighted by Gasteiger charge is 2.22. The van der Waals surface area contributed by atoms with E-state index in [-0.39, 0.29) is 34.2 Å². The van der Waals surface area contributed by atoms with Gasteiger partial charge in [0.1, 0.15) is 52.8 Å². The average Bonchev–Trinajstić information content (AvgIpc) is 3.15. The van der Waals surface area contributed by atoms with Crippen molar-refractivity contribution in [2.75, 3.05) is 7.11 Å². The Kier molecular flexibility index (Phi) is 16.6. The van der Waals surface area contributed by atoms with Gasteiger partial charge in [-0.2, -0.15) is 0 Å². The summed E-state index contributed by atoms with van der Waals surface area (Å²) in [5.41, 5.74) is 4.00. The molecule has 2 heterocycles. The van der Waals surface area contributed by atoms with E-state index in [1.54, 1.807) is 63.5 Å². The quantitative estimate of drug-likeness (QED) is 0.219. The number of carbonyl (C=O) groups is 4. The summed E-state index contributed by atoms with van der Waals surface area (Å²) in [4.78, 5) is 49.6. The van der Waals surface area contributed by atoms with E-state index in [9.17, 15) is 34.5 Å². The fourth-order valence-electron chi connectivity index (χ4n) is 6.14. The van der Waals surface area contributed by atoms with Crippen LogP contribution in [0.1, 0.15) is 101 Å². The van der Waals surface area contributed by atoms with Crippen LogP contribution in [0.15, 0.2) is 85.0 Å². The number of phenolic OH excluding ortho intramolecular Hbond substituents is 2. The summed E-state index contributed by atoms with van der Waals surface area (Å²) in [5, 5.41) is 30.3. The first-order chi connectivity index (χ1) is 27.2. The number of hydrogen-bond donors (Lipinski definition) is 3. The first kappa shape index (κ1) is 43.9. The Balaban J connectivity index is 0.000000266. The van der Waals surface area contributed by atoms with Crippen LogP contribution in [0.4, 0.5) is 0 Å². The van der Waals surface area contributed by atoms with E-state index in [1.165, 1.54) is 18.2 Å². The lowest BCUT2D eigenvalue weighted by Crippen LogP contribution is -2.23.